The highest BCUT2D eigenvalue weighted by Gasteiger charge is 2.19. The molecule has 0 aliphatic heterocycles. The molecule has 0 unspecified atom stereocenters. The second kappa shape index (κ2) is 8.50. The lowest BCUT2D eigenvalue weighted by Gasteiger charge is -2.22. The number of para-hydroxylation sites is 1. The van der Waals surface area contributed by atoms with E-state index in [0.29, 0.717) is 22.3 Å². The number of fused-ring (bicyclic) bond motifs is 1. The number of urea groups is 1. The van der Waals surface area contributed by atoms with Gasteiger partial charge < -0.3 is 16.0 Å². The molecule has 0 bridgehead atoms. The topological polar surface area (TPSA) is 83.1 Å². The Morgan fingerprint density at radius 1 is 0.967 bits per heavy atom. The number of pyridine rings is 1. The Hall–Kier alpha value is -2.83. The number of hydrogen-bond acceptors (Lipinski definition) is 3. The number of benzene rings is 2. The predicted molar refractivity (Wildman–Crippen MR) is 123 cm³/mol. The largest absolute Gasteiger partial charge is 0.333 e. The van der Waals surface area contributed by atoms with Gasteiger partial charge in [0.2, 0.25) is 0 Å². The monoisotopic (exact) mass is 444 g/mol. The fraction of sp³-hybridized carbons (Fsp3) is 0.227. The molecule has 1 aromatic heterocycles. The molecule has 3 amide bonds. The first-order valence-electron chi connectivity index (χ1n) is 9.29. The number of amides is 3. The fourth-order valence-corrected chi connectivity index (χ4v) is 3.54. The third kappa shape index (κ3) is 4.83. The molecule has 8 heteroatoms. The first kappa shape index (κ1) is 21.9. The van der Waals surface area contributed by atoms with Crippen molar-refractivity contribution in [3.63, 3.8) is 0 Å². The average Bonchev–Trinajstić information content (AvgIpc) is 2.62. The zero-order valence-corrected chi connectivity index (χ0v) is 18.6. The van der Waals surface area contributed by atoms with Crippen LogP contribution < -0.4 is 16.0 Å². The molecule has 3 N–H and O–H groups in total. The molecule has 156 valence electrons. The van der Waals surface area contributed by atoms with E-state index < -0.39 is 5.91 Å². The van der Waals surface area contributed by atoms with E-state index in [-0.39, 0.29) is 27.2 Å². The standard InChI is InChI=1S/C22H22Cl2N4O2/c1-12-11-25-19-13(18(12)27-21(30)28-22(2,3)4)7-5-10-16(19)26-20(29)17-14(23)8-6-9-15(17)24/h5-11H,1-4H3,(H,26,29)(H2,25,27,28,30). The van der Waals surface area contributed by atoms with Gasteiger partial charge in [-0.3, -0.25) is 9.78 Å². The SMILES string of the molecule is Cc1cnc2c(NC(=O)c3c(Cl)cccc3Cl)cccc2c1NC(=O)NC(C)(C)C. The number of nitrogens with zero attached hydrogens (tertiary/aromatic N) is 1. The Kier molecular flexibility index (Phi) is 6.19. The number of hydrogen-bond donors (Lipinski definition) is 3. The minimum Gasteiger partial charge on any atom is -0.333 e. The minimum atomic E-state index is -0.444. The van der Waals surface area contributed by atoms with E-state index in [1.54, 1.807) is 36.5 Å². The van der Waals surface area contributed by atoms with Crippen molar-refractivity contribution in [2.24, 2.45) is 0 Å². The fourth-order valence-electron chi connectivity index (χ4n) is 2.97. The minimum absolute atomic E-state index is 0.188. The van der Waals surface area contributed by atoms with E-state index in [1.165, 1.54) is 0 Å². The molecular weight excluding hydrogens is 423 g/mol. The number of halogens is 2. The molecule has 0 atom stereocenters. The number of aromatic nitrogens is 1. The van der Waals surface area contributed by atoms with E-state index in [9.17, 15) is 9.59 Å². The summed E-state index contributed by atoms with van der Waals surface area (Å²) in [6.45, 7) is 7.56. The van der Waals surface area contributed by atoms with Crippen LogP contribution in [-0.4, -0.2) is 22.5 Å². The van der Waals surface area contributed by atoms with Crippen LogP contribution in [0.4, 0.5) is 16.2 Å². The van der Waals surface area contributed by atoms with E-state index in [1.807, 2.05) is 33.8 Å². The van der Waals surface area contributed by atoms with Crippen LogP contribution in [-0.2, 0) is 0 Å². The van der Waals surface area contributed by atoms with Gasteiger partial charge in [0.05, 0.1) is 32.5 Å². The van der Waals surface area contributed by atoms with Gasteiger partial charge in [-0.05, 0) is 51.5 Å². The third-order valence-electron chi connectivity index (χ3n) is 4.25. The summed E-state index contributed by atoms with van der Waals surface area (Å²) in [5.41, 5.74) is 2.23. The van der Waals surface area contributed by atoms with Crippen molar-refractivity contribution in [2.75, 3.05) is 10.6 Å². The van der Waals surface area contributed by atoms with Gasteiger partial charge in [-0.2, -0.15) is 0 Å². The molecule has 0 aliphatic rings. The smallest absolute Gasteiger partial charge is 0.319 e. The van der Waals surface area contributed by atoms with Gasteiger partial charge in [-0.25, -0.2) is 4.79 Å². The molecule has 0 saturated heterocycles. The van der Waals surface area contributed by atoms with Crippen molar-refractivity contribution in [1.29, 1.82) is 0 Å². The van der Waals surface area contributed by atoms with E-state index in [4.69, 9.17) is 23.2 Å². The molecule has 3 rings (SSSR count). The molecule has 0 radical (unpaired) electrons. The summed E-state index contributed by atoms with van der Waals surface area (Å²) in [6, 6.07) is 9.89. The van der Waals surface area contributed by atoms with Crippen molar-refractivity contribution < 1.29 is 9.59 Å². The summed E-state index contributed by atoms with van der Waals surface area (Å²) in [5, 5.41) is 9.79. The van der Waals surface area contributed by atoms with Crippen molar-refractivity contribution in [1.82, 2.24) is 10.3 Å². The molecular formula is C22H22Cl2N4O2. The molecule has 0 fully saturated rings. The van der Waals surface area contributed by atoms with Gasteiger partial charge in [0.1, 0.15) is 0 Å². The average molecular weight is 445 g/mol. The highest BCUT2D eigenvalue weighted by molar-refractivity contribution is 6.40. The molecule has 0 saturated carbocycles. The molecule has 1 heterocycles. The summed E-state index contributed by atoms with van der Waals surface area (Å²) < 4.78 is 0. The summed E-state index contributed by atoms with van der Waals surface area (Å²) in [4.78, 5) is 29.7. The Morgan fingerprint density at radius 3 is 2.23 bits per heavy atom. The number of carbonyl (C=O) groups excluding carboxylic acids is 2. The Labute approximate surface area is 185 Å². The molecule has 6 nitrogen and oxygen atoms in total. The maximum absolute atomic E-state index is 12.8. The number of carbonyl (C=O) groups is 2. The van der Waals surface area contributed by atoms with Crippen molar-refractivity contribution >= 4 is 57.4 Å². The van der Waals surface area contributed by atoms with E-state index >= 15 is 0 Å². The lowest BCUT2D eigenvalue weighted by molar-refractivity contribution is 0.102. The Balaban J connectivity index is 1.98. The normalized spacial score (nSPS) is 11.3. The van der Waals surface area contributed by atoms with Crippen molar-refractivity contribution in [3.05, 3.63) is 63.8 Å². The predicted octanol–water partition coefficient (Wildman–Crippen LogP) is 6.02. The van der Waals surface area contributed by atoms with Crippen molar-refractivity contribution in [3.8, 4) is 0 Å². The summed E-state index contributed by atoms with van der Waals surface area (Å²) in [6.07, 6.45) is 1.65. The second-order valence-corrected chi connectivity index (χ2v) is 8.71. The molecule has 30 heavy (non-hydrogen) atoms. The highest BCUT2D eigenvalue weighted by Crippen LogP contribution is 2.31. The van der Waals surface area contributed by atoms with Crippen LogP contribution in [0, 0.1) is 6.92 Å². The first-order chi connectivity index (χ1) is 14.1. The number of nitrogens with one attached hydrogen (secondary N) is 3. The molecule has 3 aromatic rings. The van der Waals surface area contributed by atoms with Crippen LogP contribution in [0.3, 0.4) is 0 Å². The van der Waals surface area contributed by atoms with Crippen LogP contribution in [0.15, 0.2) is 42.6 Å². The number of anilines is 2. The Bertz CT molecular complexity index is 1120. The summed E-state index contributed by atoms with van der Waals surface area (Å²) in [5.74, 6) is -0.444. The zero-order valence-electron chi connectivity index (χ0n) is 17.1. The number of aryl methyl sites for hydroxylation is 1. The van der Waals surface area contributed by atoms with Crippen LogP contribution >= 0.6 is 23.2 Å². The van der Waals surface area contributed by atoms with E-state index in [2.05, 4.69) is 20.9 Å². The van der Waals surface area contributed by atoms with Crippen molar-refractivity contribution in [2.45, 2.75) is 33.2 Å². The van der Waals surface area contributed by atoms with Gasteiger partial charge >= 0.3 is 6.03 Å². The summed E-state index contributed by atoms with van der Waals surface area (Å²) >= 11 is 12.3. The maximum atomic E-state index is 12.8. The van der Waals surface area contributed by atoms with Crippen LogP contribution in [0.2, 0.25) is 10.0 Å². The van der Waals surface area contributed by atoms with Gasteiger partial charge in [-0.15, -0.1) is 0 Å². The van der Waals surface area contributed by atoms with Gasteiger partial charge in [0.25, 0.3) is 5.91 Å². The highest BCUT2D eigenvalue weighted by atomic mass is 35.5. The summed E-state index contributed by atoms with van der Waals surface area (Å²) in [7, 11) is 0. The first-order valence-corrected chi connectivity index (χ1v) is 10.1. The second-order valence-electron chi connectivity index (χ2n) is 7.90. The third-order valence-corrected chi connectivity index (χ3v) is 4.88. The van der Waals surface area contributed by atoms with Gasteiger partial charge in [0.15, 0.2) is 0 Å². The maximum Gasteiger partial charge on any atom is 0.319 e. The van der Waals surface area contributed by atoms with Gasteiger partial charge in [-0.1, -0.05) is 41.4 Å². The van der Waals surface area contributed by atoms with Crippen LogP contribution in [0.1, 0.15) is 36.7 Å². The molecule has 0 aliphatic carbocycles. The molecule has 2 aromatic carbocycles. The van der Waals surface area contributed by atoms with E-state index in [0.717, 1.165) is 5.56 Å². The zero-order chi connectivity index (χ0) is 22.1. The van der Waals surface area contributed by atoms with Crippen LogP contribution in [0.25, 0.3) is 10.9 Å². The lowest BCUT2D eigenvalue weighted by Crippen LogP contribution is -2.43. The quantitative estimate of drug-likeness (QED) is 0.461. The number of rotatable bonds is 3. The molecule has 0 spiro atoms. The van der Waals surface area contributed by atoms with Crippen LogP contribution in [0.5, 0.6) is 0 Å². The van der Waals surface area contributed by atoms with Gasteiger partial charge in [0, 0.05) is 17.1 Å². The Morgan fingerprint density at radius 2 is 1.60 bits per heavy atom. The lowest BCUT2D eigenvalue weighted by atomic mass is 10.1.